The third kappa shape index (κ3) is 3.51. The molecule has 1 saturated carbocycles. The van der Waals surface area contributed by atoms with Crippen molar-refractivity contribution >= 4 is 17.3 Å². The zero-order chi connectivity index (χ0) is 14.7. The lowest BCUT2D eigenvalue weighted by molar-refractivity contribution is 0.277. The second kappa shape index (κ2) is 6.97. The molecule has 1 aliphatic heterocycles. The van der Waals surface area contributed by atoms with Crippen LogP contribution in [0.3, 0.4) is 0 Å². The smallest absolute Gasteiger partial charge is 0.165 e. The van der Waals surface area contributed by atoms with Crippen molar-refractivity contribution in [1.29, 1.82) is 0 Å². The maximum atomic E-state index is 14.3. The second-order valence-electron chi connectivity index (χ2n) is 6.33. The van der Waals surface area contributed by atoms with E-state index in [0.717, 1.165) is 32.0 Å². The maximum absolute atomic E-state index is 14.3. The Morgan fingerprint density at radius 3 is 2.76 bits per heavy atom. The number of nitrogens with one attached hydrogen (secondary N) is 1. The lowest BCUT2D eigenvalue weighted by Crippen LogP contribution is -2.44. The van der Waals surface area contributed by atoms with E-state index in [4.69, 9.17) is 11.6 Å². The van der Waals surface area contributed by atoms with Gasteiger partial charge in [0.15, 0.2) is 5.82 Å². The number of nitrogens with zero attached hydrogens (tertiary/aromatic N) is 1. The van der Waals surface area contributed by atoms with Crippen molar-refractivity contribution in [1.82, 2.24) is 5.32 Å². The summed E-state index contributed by atoms with van der Waals surface area (Å²) >= 11 is 5.94. The van der Waals surface area contributed by atoms with Crippen molar-refractivity contribution < 1.29 is 4.39 Å². The highest BCUT2D eigenvalue weighted by molar-refractivity contribution is 6.31. The normalized spacial score (nSPS) is 24.9. The largest absolute Gasteiger partial charge is 0.368 e. The van der Waals surface area contributed by atoms with Crippen LogP contribution in [0.1, 0.15) is 38.5 Å². The molecule has 1 atom stereocenters. The molecule has 2 fully saturated rings. The van der Waals surface area contributed by atoms with Gasteiger partial charge in [-0.3, -0.25) is 0 Å². The van der Waals surface area contributed by atoms with E-state index in [1.54, 1.807) is 6.07 Å². The molecule has 1 saturated heterocycles. The van der Waals surface area contributed by atoms with Crippen LogP contribution in [0, 0.1) is 11.7 Å². The van der Waals surface area contributed by atoms with E-state index in [9.17, 15) is 4.39 Å². The summed E-state index contributed by atoms with van der Waals surface area (Å²) in [5, 5.41) is 3.91. The van der Waals surface area contributed by atoms with Crippen LogP contribution in [0.15, 0.2) is 18.2 Å². The monoisotopic (exact) mass is 310 g/mol. The molecule has 1 N–H and O–H groups in total. The Morgan fingerprint density at radius 2 is 1.95 bits per heavy atom. The molecule has 116 valence electrons. The van der Waals surface area contributed by atoms with E-state index in [1.165, 1.54) is 32.1 Å². The lowest BCUT2D eigenvalue weighted by atomic mass is 9.83. The van der Waals surface area contributed by atoms with Crippen LogP contribution >= 0.6 is 11.6 Å². The van der Waals surface area contributed by atoms with Crippen LogP contribution < -0.4 is 10.2 Å². The predicted molar refractivity (Wildman–Crippen MR) is 86.6 cm³/mol. The number of halogens is 2. The van der Waals surface area contributed by atoms with Crippen molar-refractivity contribution in [3.8, 4) is 0 Å². The molecular formula is C17H24ClFN2. The number of benzene rings is 1. The summed E-state index contributed by atoms with van der Waals surface area (Å²) in [4.78, 5) is 2.18. The molecule has 0 bridgehead atoms. The maximum Gasteiger partial charge on any atom is 0.165 e. The predicted octanol–water partition coefficient (Wildman–Crippen LogP) is 4.23. The van der Waals surface area contributed by atoms with E-state index in [2.05, 4.69) is 10.2 Å². The summed E-state index contributed by atoms with van der Waals surface area (Å²) in [7, 11) is 0. The van der Waals surface area contributed by atoms with E-state index >= 15 is 0 Å². The van der Waals surface area contributed by atoms with E-state index in [-0.39, 0.29) is 10.8 Å². The molecular weight excluding hydrogens is 287 g/mol. The fourth-order valence-corrected chi connectivity index (χ4v) is 3.93. The first-order valence-electron chi connectivity index (χ1n) is 8.18. The first kappa shape index (κ1) is 15.1. The topological polar surface area (TPSA) is 15.3 Å². The highest BCUT2D eigenvalue weighted by Gasteiger charge is 2.28. The zero-order valence-corrected chi connectivity index (χ0v) is 13.2. The molecule has 0 amide bonds. The van der Waals surface area contributed by atoms with Crippen molar-refractivity contribution in [3.63, 3.8) is 0 Å². The second-order valence-corrected chi connectivity index (χ2v) is 6.74. The van der Waals surface area contributed by atoms with Crippen molar-refractivity contribution in [2.45, 2.75) is 44.6 Å². The fourth-order valence-electron chi connectivity index (χ4n) is 3.76. The minimum atomic E-state index is -0.275. The summed E-state index contributed by atoms with van der Waals surface area (Å²) in [6, 6.07) is 5.79. The Morgan fingerprint density at radius 1 is 1.14 bits per heavy atom. The van der Waals surface area contributed by atoms with Gasteiger partial charge in [-0.2, -0.15) is 0 Å². The molecule has 0 radical (unpaired) electrons. The molecule has 3 rings (SSSR count). The molecule has 0 spiro atoms. The summed E-state index contributed by atoms with van der Waals surface area (Å²) in [5.74, 6) is 0.463. The first-order chi connectivity index (χ1) is 10.3. The van der Waals surface area contributed by atoms with Gasteiger partial charge in [0.25, 0.3) is 0 Å². The van der Waals surface area contributed by atoms with Crippen LogP contribution in [-0.2, 0) is 0 Å². The van der Waals surface area contributed by atoms with Crippen LogP contribution in [0.4, 0.5) is 10.1 Å². The molecule has 2 nitrogen and oxygen atoms in total. The molecule has 1 heterocycles. The van der Waals surface area contributed by atoms with Crippen LogP contribution in [-0.4, -0.2) is 25.7 Å². The average molecular weight is 311 g/mol. The lowest BCUT2D eigenvalue weighted by Gasteiger charge is -2.33. The molecule has 1 aromatic rings. The quantitative estimate of drug-likeness (QED) is 0.879. The molecule has 1 aliphatic carbocycles. The Kier molecular flexibility index (Phi) is 5.02. The SMILES string of the molecule is Fc1c(Cl)cccc1N1CCCNC(C2CCCCC2)C1. The number of anilines is 1. The van der Waals surface area contributed by atoms with E-state index < -0.39 is 0 Å². The summed E-state index contributed by atoms with van der Waals surface area (Å²) in [6.07, 6.45) is 7.72. The van der Waals surface area contributed by atoms with Gasteiger partial charge < -0.3 is 10.2 Å². The van der Waals surface area contributed by atoms with E-state index in [0.29, 0.717) is 11.7 Å². The van der Waals surface area contributed by atoms with Crippen molar-refractivity contribution in [2.75, 3.05) is 24.5 Å². The van der Waals surface area contributed by atoms with Crippen molar-refractivity contribution in [3.05, 3.63) is 29.0 Å². The number of hydrogen-bond acceptors (Lipinski definition) is 2. The summed E-state index contributed by atoms with van der Waals surface area (Å²) in [6.45, 7) is 2.81. The van der Waals surface area contributed by atoms with Crippen LogP contribution in [0.2, 0.25) is 5.02 Å². The molecule has 1 aromatic carbocycles. The first-order valence-corrected chi connectivity index (χ1v) is 8.56. The third-order valence-electron chi connectivity index (χ3n) is 4.92. The molecule has 21 heavy (non-hydrogen) atoms. The highest BCUT2D eigenvalue weighted by Crippen LogP contribution is 2.30. The van der Waals surface area contributed by atoms with Gasteiger partial charge in [0.1, 0.15) is 0 Å². The standard InChI is InChI=1S/C17H24ClFN2/c18-14-8-4-9-16(17(14)19)21-11-5-10-20-15(12-21)13-6-2-1-3-7-13/h4,8-9,13,15,20H,1-3,5-7,10-12H2. The van der Waals surface area contributed by atoms with Crippen molar-refractivity contribution in [2.24, 2.45) is 5.92 Å². The fraction of sp³-hybridized carbons (Fsp3) is 0.647. The van der Waals surface area contributed by atoms with E-state index in [1.807, 2.05) is 12.1 Å². The Bertz CT molecular complexity index is 474. The summed E-state index contributed by atoms with van der Waals surface area (Å²) in [5.41, 5.74) is 0.659. The highest BCUT2D eigenvalue weighted by atomic mass is 35.5. The minimum absolute atomic E-state index is 0.221. The van der Waals surface area contributed by atoms with Crippen LogP contribution in [0.25, 0.3) is 0 Å². The van der Waals surface area contributed by atoms with Gasteiger partial charge in [-0.25, -0.2) is 4.39 Å². The Hall–Kier alpha value is -0.800. The molecule has 2 aliphatic rings. The third-order valence-corrected chi connectivity index (χ3v) is 5.21. The van der Waals surface area contributed by atoms with Gasteiger partial charge in [0.2, 0.25) is 0 Å². The Balaban J connectivity index is 1.76. The average Bonchev–Trinajstić information content (AvgIpc) is 2.77. The minimum Gasteiger partial charge on any atom is -0.368 e. The van der Waals surface area contributed by atoms with Gasteiger partial charge >= 0.3 is 0 Å². The molecule has 0 aromatic heterocycles. The van der Waals surface area contributed by atoms with Gasteiger partial charge in [0, 0.05) is 19.1 Å². The van der Waals surface area contributed by atoms with Gasteiger partial charge in [-0.1, -0.05) is 36.9 Å². The molecule has 4 heteroatoms. The van der Waals surface area contributed by atoms with Gasteiger partial charge in [0.05, 0.1) is 10.7 Å². The van der Waals surface area contributed by atoms with Gasteiger partial charge in [-0.05, 0) is 43.9 Å². The number of rotatable bonds is 2. The summed E-state index contributed by atoms with van der Waals surface area (Å²) < 4.78 is 14.3. The Labute approximate surface area is 131 Å². The van der Waals surface area contributed by atoms with Gasteiger partial charge in [-0.15, -0.1) is 0 Å². The zero-order valence-electron chi connectivity index (χ0n) is 12.5. The van der Waals surface area contributed by atoms with Crippen LogP contribution in [0.5, 0.6) is 0 Å². The number of hydrogen-bond donors (Lipinski definition) is 1. The molecule has 1 unspecified atom stereocenters.